The molecule has 0 spiro atoms. The van der Waals surface area contributed by atoms with Crippen molar-refractivity contribution >= 4 is 17.1 Å². The van der Waals surface area contributed by atoms with Gasteiger partial charge < -0.3 is 5.11 Å². The van der Waals surface area contributed by atoms with Crippen molar-refractivity contribution in [2.75, 3.05) is 0 Å². The van der Waals surface area contributed by atoms with Crippen LogP contribution in [-0.2, 0) is 4.79 Å². The molecule has 2 nitrogen and oxygen atoms in total. The van der Waals surface area contributed by atoms with E-state index >= 15 is 0 Å². The van der Waals surface area contributed by atoms with Crippen molar-refractivity contribution in [2.24, 2.45) is 0 Å². The summed E-state index contributed by atoms with van der Waals surface area (Å²) in [6, 6.07) is 2.12. The van der Waals surface area contributed by atoms with Gasteiger partial charge in [0, 0.05) is 17.2 Å². The highest BCUT2D eigenvalue weighted by molar-refractivity contribution is 7.10. The fraction of sp³-hybridized carbons (Fsp3) is 0.364. The first-order valence-corrected chi connectivity index (χ1v) is 5.52. The second-order valence-corrected chi connectivity index (χ2v) is 4.62. The lowest BCUT2D eigenvalue weighted by molar-refractivity contribution is -0.118. The highest BCUT2D eigenvalue weighted by Crippen LogP contribution is 2.33. The molecule has 0 saturated heterocycles. The summed E-state index contributed by atoms with van der Waals surface area (Å²) in [6.07, 6.45) is 2.85. The molecule has 74 valence electrons. The van der Waals surface area contributed by atoms with Crippen LogP contribution in [0.1, 0.15) is 29.2 Å². The van der Waals surface area contributed by atoms with Gasteiger partial charge in [0.25, 0.3) is 0 Å². The smallest absolute Gasteiger partial charge is 0.197 e. The summed E-state index contributed by atoms with van der Waals surface area (Å²) in [5.41, 5.74) is 1.25. The van der Waals surface area contributed by atoms with Gasteiger partial charge in [-0.05, 0) is 36.4 Å². The molecular weight excluding hydrogens is 196 g/mol. The number of rotatable bonds is 1. The van der Waals surface area contributed by atoms with Crippen LogP contribution in [0.4, 0.5) is 0 Å². The molecule has 1 aromatic rings. The van der Waals surface area contributed by atoms with Gasteiger partial charge in [0.2, 0.25) is 0 Å². The zero-order chi connectivity index (χ0) is 10.1. The van der Waals surface area contributed by atoms with Crippen LogP contribution in [0.5, 0.6) is 0 Å². The number of aliphatic hydroxyl groups is 1. The van der Waals surface area contributed by atoms with Crippen LogP contribution in [0.2, 0.25) is 0 Å². The number of carbonyl (C=O) groups is 1. The standard InChI is InChI=1S/C11H12O2S/c1-7-4-11(14-6-7)8-2-3-9(12)10(13)5-8/h3-4,6,8,12H,2,5H2,1H3. The van der Waals surface area contributed by atoms with E-state index in [-0.39, 0.29) is 17.5 Å². The lowest BCUT2D eigenvalue weighted by Gasteiger charge is -2.16. The Morgan fingerprint density at radius 2 is 2.36 bits per heavy atom. The Morgan fingerprint density at radius 1 is 1.57 bits per heavy atom. The number of aryl methyl sites for hydroxylation is 1. The molecule has 14 heavy (non-hydrogen) atoms. The molecule has 0 saturated carbocycles. The molecule has 0 aliphatic heterocycles. The van der Waals surface area contributed by atoms with Crippen molar-refractivity contribution < 1.29 is 9.90 Å². The van der Waals surface area contributed by atoms with Crippen molar-refractivity contribution in [1.29, 1.82) is 0 Å². The zero-order valence-corrected chi connectivity index (χ0v) is 8.80. The summed E-state index contributed by atoms with van der Waals surface area (Å²) in [6.45, 7) is 2.05. The highest BCUT2D eigenvalue weighted by atomic mass is 32.1. The molecule has 0 fully saturated rings. The first-order valence-electron chi connectivity index (χ1n) is 4.64. The van der Waals surface area contributed by atoms with E-state index in [0.29, 0.717) is 6.42 Å². The van der Waals surface area contributed by atoms with E-state index < -0.39 is 0 Å². The number of thiophene rings is 1. The van der Waals surface area contributed by atoms with E-state index in [1.54, 1.807) is 17.4 Å². The molecule has 1 aromatic heterocycles. The van der Waals surface area contributed by atoms with Gasteiger partial charge in [-0.3, -0.25) is 4.79 Å². The quantitative estimate of drug-likeness (QED) is 0.770. The van der Waals surface area contributed by atoms with Crippen molar-refractivity contribution in [1.82, 2.24) is 0 Å². The number of allylic oxidation sites excluding steroid dienone is 2. The molecule has 1 unspecified atom stereocenters. The largest absolute Gasteiger partial charge is 0.505 e. The summed E-state index contributed by atoms with van der Waals surface area (Å²) in [5, 5.41) is 11.3. The van der Waals surface area contributed by atoms with Crippen molar-refractivity contribution in [3.63, 3.8) is 0 Å². The van der Waals surface area contributed by atoms with Crippen molar-refractivity contribution in [3.8, 4) is 0 Å². The molecule has 1 aliphatic carbocycles. The van der Waals surface area contributed by atoms with Crippen LogP contribution in [-0.4, -0.2) is 10.9 Å². The third-order valence-corrected chi connectivity index (χ3v) is 3.68. The Balaban J connectivity index is 2.19. The average molecular weight is 208 g/mol. The Bertz CT molecular complexity index is 390. The average Bonchev–Trinajstić information content (AvgIpc) is 2.57. The second-order valence-electron chi connectivity index (χ2n) is 3.68. The number of ketones is 1. The molecule has 0 bridgehead atoms. The van der Waals surface area contributed by atoms with Gasteiger partial charge in [-0.1, -0.05) is 0 Å². The Hall–Kier alpha value is -1.09. The number of aliphatic hydroxyl groups excluding tert-OH is 1. The molecule has 1 heterocycles. The molecule has 0 aromatic carbocycles. The van der Waals surface area contributed by atoms with Crippen LogP contribution in [0.3, 0.4) is 0 Å². The summed E-state index contributed by atoms with van der Waals surface area (Å²) in [4.78, 5) is 12.5. The van der Waals surface area contributed by atoms with E-state index in [9.17, 15) is 4.79 Å². The minimum atomic E-state index is -0.132. The monoisotopic (exact) mass is 208 g/mol. The topological polar surface area (TPSA) is 37.3 Å². The number of Topliss-reactive ketones (excluding diaryl/α,β-unsaturated/α-hetero) is 1. The Kier molecular flexibility index (Phi) is 2.42. The predicted molar refractivity (Wildman–Crippen MR) is 56.7 cm³/mol. The van der Waals surface area contributed by atoms with E-state index in [1.807, 2.05) is 0 Å². The van der Waals surface area contributed by atoms with Crippen LogP contribution in [0.15, 0.2) is 23.3 Å². The molecule has 1 N–H and O–H groups in total. The van der Waals surface area contributed by atoms with Gasteiger partial charge in [-0.15, -0.1) is 11.3 Å². The molecule has 2 rings (SSSR count). The molecule has 1 aliphatic rings. The summed E-state index contributed by atoms with van der Waals surface area (Å²) in [5.74, 6) is 0.0823. The molecule has 1 atom stereocenters. The number of hydrogen-bond acceptors (Lipinski definition) is 3. The zero-order valence-electron chi connectivity index (χ0n) is 7.99. The fourth-order valence-electron chi connectivity index (χ4n) is 1.66. The SMILES string of the molecule is Cc1csc(C2CC=C(O)C(=O)C2)c1. The third kappa shape index (κ3) is 1.73. The molecular formula is C11H12O2S. The minimum absolute atomic E-state index is 0.0606. The normalized spacial score (nSPS) is 22.2. The van der Waals surface area contributed by atoms with E-state index in [4.69, 9.17) is 5.11 Å². The van der Waals surface area contributed by atoms with Crippen LogP contribution < -0.4 is 0 Å². The van der Waals surface area contributed by atoms with Gasteiger partial charge in [0.15, 0.2) is 11.5 Å². The maximum absolute atomic E-state index is 11.3. The van der Waals surface area contributed by atoms with Crippen LogP contribution >= 0.6 is 11.3 Å². The van der Waals surface area contributed by atoms with Gasteiger partial charge >= 0.3 is 0 Å². The van der Waals surface area contributed by atoms with Gasteiger partial charge in [-0.2, -0.15) is 0 Å². The summed E-state index contributed by atoms with van der Waals surface area (Å²) < 4.78 is 0. The van der Waals surface area contributed by atoms with Crippen LogP contribution in [0.25, 0.3) is 0 Å². The second kappa shape index (κ2) is 3.58. The number of hydrogen-bond donors (Lipinski definition) is 1. The maximum Gasteiger partial charge on any atom is 0.197 e. The minimum Gasteiger partial charge on any atom is -0.505 e. The highest BCUT2D eigenvalue weighted by Gasteiger charge is 2.23. The fourth-order valence-corrected chi connectivity index (χ4v) is 2.68. The van der Waals surface area contributed by atoms with Crippen molar-refractivity contribution in [3.05, 3.63) is 33.7 Å². The van der Waals surface area contributed by atoms with Gasteiger partial charge in [-0.25, -0.2) is 0 Å². The lowest BCUT2D eigenvalue weighted by Crippen LogP contribution is -2.13. The van der Waals surface area contributed by atoms with Gasteiger partial charge in [0.1, 0.15) is 0 Å². The predicted octanol–water partition coefficient (Wildman–Crippen LogP) is 2.94. The molecule has 3 heteroatoms. The Morgan fingerprint density at radius 3 is 2.93 bits per heavy atom. The van der Waals surface area contributed by atoms with E-state index in [0.717, 1.165) is 6.42 Å². The summed E-state index contributed by atoms with van der Waals surface area (Å²) >= 11 is 1.70. The first kappa shape index (κ1) is 9.46. The molecule has 0 amide bonds. The lowest BCUT2D eigenvalue weighted by atomic mass is 9.91. The maximum atomic E-state index is 11.3. The van der Waals surface area contributed by atoms with E-state index in [2.05, 4.69) is 18.4 Å². The Labute approximate surface area is 86.9 Å². The number of carbonyl (C=O) groups excluding carboxylic acids is 1. The third-order valence-electron chi connectivity index (χ3n) is 2.47. The van der Waals surface area contributed by atoms with E-state index in [1.165, 1.54) is 10.4 Å². The first-order chi connectivity index (χ1) is 6.66. The van der Waals surface area contributed by atoms with Gasteiger partial charge in [0.05, 0.1) is 0 Å². The summed E-state index contributed by atoms with van der Waals surface area (Å²) in [7, 11) is 0. The van der Waals surface area contributed by atoms with Crippen molar-refractivity contribution in [2.45, 2.75) is 25.7 Å². The van der Waals surface area contributed by atoms with Crippen LogP contribution in [0, 0.1) is 6.92 Å². The molecule has 0 radical (unpaired) electrons.